The molecular formula is C15H22BrNO2S. The summed E-state index contributed by atoms with van der Waals surface area (Å²) in [6.07, 6.45) is 0.889. The van der Waals surface area contributed by atoms with Crippen molar-refractivity contribution in [2.45, 2.75) is 31.0 Å². The molecule has 1 aliphatic rings. The molecule has 1 aromatic rings. The van der Waals surface area contributed by atoms with E-state index >= 15 is 0 Å². The lowest BCUT2D eigenvalue weighted by atomic mass is 10.0. The van der Waals surface area contributed by atoms with Gasteiger partial charge in [-0.05, 0) is 23.8 Å². The summed E-state index contributed by atoms with van der Waals surface area (Å²) in [6, 6.07) is 9.85. The molecule has 1 fully saturated rings. The lowest BCUT2D eigenvalue weighted by Gasteiger charge is -2.34. The Labute approximate surface area is 130 Å². The molecule has 0 radical (unpaired) electrons. The van der Waals surface area contributed by atoms with Gasteiger partial charge in [-0.25, -0.2) is 12.7 Å². The second kappa shape index (κ2) is 6.58. The lowest BCUT2D eigenvalue weighted by molar-refractivity contribution is 0.291. The van der Waals surface area contributed by atoms with E-state index in [0.717, 1.165) is 12.0 Å². The summed E-state index contributed by atoms with van der Waals surface area (Å²) in [7, 11) is -3.17. The van der Waals surface area contributed by atoms with Crippen molar-refractivity contribution in [1.29, 1.82) is 0 Å². The molecule has 20 heavy (non-hydrogen) atoms. The van der Waals surface area contributed by atoms with Gasteiger partial charge in [0.25, 0.3) is 0 Å². The third kappa shape index (κ3) is 3.83. The van der Waals surface area contributed by atoms with Crippen LogP contribution >= 0.6 is 15.9 Å². The van der Waals surface area contributed by atoms with Crippen molar-refractivity contribution >= 4 is 26.0 Å². The van der Waals surface area contributed by atoms with Crippen molar-refractivity contribution in [3.63, 3.8) is 0 Å². The highest BCUT2D eigenvalue weighted by molar-refractivity contribution is 9.09. The predicted molar refractivity (Wildman–Crippen MR) is 86.7 cm³/mol. The molecule has 0 aliphatic carbocycles. The van der Waals surface area contributed by atoms with Gasteiger partial charge in [0.1, 0.15) is 0 Å². The first-order valence-corrected chi connectivity index (χ1v) is 9.59. The average molecular weight is 360 g/mol. The zero-order chi connectivity index (χ0) is 14.8. The van der Waals surface area contributed by atoms with E-state index < -0.39 is 10.0 Å². The number of piperidine rings is 1. The summed E-state index contributed by atoms with van der Waals surface area (Å²) in [6.45, 7) is 5.33. The number of alkyl halides is 1. The van der Waals surface area contributed by atoms with Gasteiger partial charge in [-0.1, -0.05) is 60.1 Å². The van der Waals surface area contributed by atoms with Gasteiger partial charge in [0.05, 0.1) is 5.75 Å². The van der Waals surface area contributed by atoms with E-state index in [4.69, 9.17) is 0 Å². The summed E-state index contributed by atoms with van der Waals surface area (Å²) in [5.41, 5.74) is 1.08. The number of sulfonamides is 1. The number of halogens is 1. The van der Waals surface area contributed by atoms with Crippen LogP contribution in [-0.2, 0) is 10.0 Å². The number of benzene rings is 1. The zero-order valence-electron chi connectivity index (χ0n) is 12.0. The molecule has 112 valence electrons. The number of hydrogen-bond donors (Lipinski definition) is 0. The maximum absolute atomic E-state index is 12.5. The Morgan fingerprint density at radius 1 is 1.35 bits per heavy atom. The molecule has 0 amide bonds. The molecule has 1 heterocycles. The van der Waals surface area contributed by atoms with Crippen LogP contribution in [0.2, 0.25) is 0 Å². The maximum Gasteiger partial charge on any atom is 0.214 e. The second-order valence-electron chi connectivity index (χ2n) is 5.73. The minimum atomic E-state index is -3.17. The first-order chi connectivity index (χ1) is 9.40. The first kappa shape index (κ1) is 16.0. The van der Waals surface area contributed by atoms with E-state index in [0.29, 0.717) is 23.8 Å². The van der Waals surface area contributed by atoms with Crippen LogP contribution in [-0.4, -0.2) is 36.4 Å². The molecule has 1 aromatic carbocycles. The molecule has 3 nitrogen and oxygen atoms in total. The molecule has 0 aromatic heterocycles. The second-order valence-corrected chi connectivity index (χ2v) is 8.92. The maximum atomic E-state index is 12.5. The quantitative estimate of drug-likeness (QED) is 0.774. The molecule has 5 heteroatoms. The third-order valence-electron chi connectivity index (χ3n) is 3.99. The SMILES string of the molecule is CC(CS(=O)(=O)N1CCC(Br)C(C)C1)c1ccccc1. The number of nitrogens with zero attached hydrogens (tertiary/aromatic N) is 1. The van der Waals surface area contributed by atoms with E-state index in [1.165, 1.54) is 0 Å². The smallest absolute Gasteiger partial charge is 0.212 e. The van der Waals surface area contributed by atoms with E-state index in [-0.39, 0.29) is 11.7 Å². The number of rotatable bonds is 4. The molecule has 0 bridgehead atoms. The standard InChI is InChI=1S/C15H22BrNO2S/c1-12-10-17(9-8-15(12)16)20(18,19)11-13(2)14-6-4-3-5-7-14/h3-7,12-13,15H,8-11H2,1-2H3. The van der Waals surface area contributed by atoms with Gasteiger partial charge in [0.2, 0.25) is 10.0 Å². The van der Waals surface area contributed by atoms with E-state index in [1.54, 1.807) is 4.31 Å². The van der Waals surface area contributed by atoms with Gasteiger partial charge in [-0.15, -0.1) is 0 Å². The average Bonchev–Trinajstić information content (AvgIpc) is 2.42. The van der Waals surface area contributed by atoms with Gasteiger partial charge in [-0.3, -0.25) is 0 Å². The number of hydrogen-bond acceptors (Lipinski definition) is 2. The first-order valence-electron chi connectivity index (χ1n) is 7.07. The summed E-state index contributed by atoms with van der Waals surface area (Å²) < 4.78 is 26.7. The van der Waals surface area contributed by atoms with Crippen LogP contribution in [0.4, 0.5) is 0 Å². The van der Waals surface area contributed by atoms with Crippen molar-refractivity contribution in [2.24, 2.45) is 5.92 Å². The molecule has 2 rings (SSSR count). The zero-order valence-corrected chi connectivity index (χ0v) is 14.4. The Morgan fingerprint density at radius 2 is 2.00 bits per heavy atom. The van der Waals surface area contributed by atoms with Crippen molar-refractivity contribution in [3.8, 4) is 0 Å². The lowest BCUT2D eigenvalue weighted by Crippen LogP contribution is -2.44. The van der Waals surface area contributed by atoms with Crippen LogP contribution in [0, 0.1) is 5.92 Å². The van der Waals surface area contributed by atoms with Crippen molar-refractivity contribution < 1.29 is 8.42 Å². The Morgan fingerprint density at radius 3 is 2.60 bits per heavy atom. The van der Waals surface area contributed by atoms with Crippen LogP contribution in [0.3, 0.4) is 0 Å². The summed E-state index contributed by atoms with van der Waals surface area (Å²) in [5, 5.41) is 0. The molecular weight excluding hydrogens is 338 g/mol. The Bertz CT molecular complexity index is 532. The Balaban J connectivity index is 2.04. The van der Waals surface area contributed by atoms with Gasteiger partial charge in [-0.2, -0.15) is 0 Å². The van der Waals surface area contributed by atoms with Crippen LogP contribution in [0.1, 0.15) is 31.7 Å². The largest absolute Gasteiger partial charge is 0.214 e. The third-order valence-corrected chi connectivity index (χ3v) is 7.39. The summed E-state index contributed by atoms with van der Waals surface area (Å²) in [4.78, 5) is 0.431. The molecule has 3 atom stereocenters. The molecule has 0 saturated carbocycles. The Hall–Kier alpha value is -0.390. The van der Waals surface area contributed by atoms with Crippen LogP contribution < -0.4 is 0 Å². The minimum Gasteiger partial charge on any atom is -0.212 e. The summed E-state index contributed by atoms with van der Waals surface area (Å²) in [5.74, 6) is 0.584. The van der Waals surface area contributed by atoms with Crippen LogP contribution in [0.25, 0.3) is 0 Å². The topological polar surface area (TPSA) is 37.4 Å². The van der Waals surface area contributed by atoms with Gasteiger partial charge >= 0.3 is 0 Å². The van der Waals surface area contributed by atoms with E-state index in [2.05, 4.69) is 22.9 Å². The fourth-order valence-electron chi connectivity index (χ4n) is 2.63. The summed E-state index contributed by atoms with van der Waals surface area (Å²) >= 11 is 3.61. The van der Waals surface area contributed by atoms with Gasteiger partial charge in [0.15, 0.2) is 0 Å². The molecule has 3 unspecified atom stereocenters. The Kier molecular flexibility index (Phi) is 5.26. The molecule has 0 spiro atoms. The van der Waals surface area contributed by atoms with Gasteiger partial charge in [0, 0.05) is 17.9 Å². The fourth-order valence-corrected chi connectivity index (χ4v) is 4.88. The highest BCUT2D eigenvalue weighted by Crippen LogP contribution is 2.27. The van der Waals surface area contributed by atoms with E-state index in [1.807, 2.05) is 37.3 Å². The fraction of sp³-hybridized carbons (Fsp3) is 0.600. The van der Waals surface area contributed by atoms with Crippen molar-refractivity contribution in [2.75, 3.05) is 18.8 Å². The highest BCUT2D eigenvalue weighted by atomic mass is 79.9. The molecule has 0 N–H and O–H groups in total. The van der Waals surface area contributed by atoms with Crippen LogP contribution in [0.5, 0.6) is 0 Å². The monoisotopic (exact) mass is 359 g/mol. The highest BCUT2D eigenvalue weighted by Gasteiger charge is 2.32. The predicted octanol–water partition coefficient (Wildman–Crippen LogP) is 3.23. The van der Waals surface area contributed by atoms with Crippen molar-refractivity contribution in [3.05, 3.63) is 35.9 Å². The van der Waals surface area contributed by atoms with E-state index in [9.17, 15) is 8.42 Å². The van der Waals surface area contributed by atoms with Crippen LogP contribution in [0.15, 0.2) is 30.3 Å². The van der Waals surface area contributed by atoms with Crippen molar-refractivity contribution in [1.82, 2.24) is 4.31 Å². The normalized spacial score (nSPS) is 26.4. The molecule has 1 aliphatic heterocycles. The minimum absolute atomic E-state index is 0.0261. The molecule has 1 saturated heterocycles. The van der Waals surface area contributed by atoms with Gasteiger partial charge < -0.3 is 0 Å².